The maximum atomic E-state index is 3.92. The van der Waals surface area contributed by atoms with E-state index in [-0.39, 0.29) is 0 Å². The van der Waals surface area contributed by atoms with Crippen molar-refractivity contribution in [3.8, 4) is 0 Å². The molecule has 0 aromatic heterocycles. The van der Waals surface area contributed by atoms with Crippen LogP contribution in [-0.4, -0.2) is 0 Å². The number of halogens is 1. The lowest BCUT2D eigenvalue weighted by Gasteiger charge is -2.03. The highest BCUT2D eigenvalue weighted by atomic mass is 79.9. The molecule has 0 unspecified atom stereocenters. The number of rotatable bonds is 1. The fraction of sp³-hybridized carbons (Fsp3) is 0.0909. The summed E-state index contributed by atoms with van der Waals surface area (Å²) in [6.07, 6.45) is 0. The average Bonchev–Trinajstić information content (AvgIpc) is 2.18. The third-order valence-corrected chi connectivity index (χ3v) is 2.92. The van der Waals surface area contributed by atoms with E-state index in [1.54, 1.807) is 0 Å². The van der Waals surface area contributed by atoms with E-state index in [0.29, 0.717) is 0 Å². The van der Waals surface area contributed by atoms with Crippen LogP contribution in [0, 0.1) is 0 Å². The van der Waals surface area contributed by atoms with Crippen molar-refractivity contribution in [1.29, 1.82) is 0 Å². The van der Waals surface area contributed by atoms with Crippen LogP contribution in [0.25, 0.3) is 10.8 Å². The molecule has 2 aromatic rings. The van der Waals surface area contributed by atoms with Crippen molar-refractivity contribution in [1.82, 2.24) is 0 Å². The molecule has 66 valence electrons. The van der Waals surface area contributed by atoms with Crippen molar-refractivity contribution in [2.75, 3.05) is 0 Å². The highest BCUT2D eigenvalue weighted by Crippen LogP contribution is 2.25. The Morgan fingerprint density at radius 3 is 2.46 bits per heavy atom. The maximum absolute atomic E-state index is 3.92. The Kier molecular flexibility index (Phi) is 2.34. The van der Waals surface area contributed by atoms with Crippen molar-refractivity contribution >= 4 is 26.7 Å². The molecule has 2 aromatic carbocycles. The van der Waals surface area contributed by atoms with Crippen LogP contribution < -0.4 is 5.73 Å². The summed E-state index contributed by atoms with van der Waals surface area (Å²) in [5.41, 5.74) is 5.22. The Labute approximate surface area is 85.7 Å². The van der Waals surface area contributed by atoms with Crippen LogP contribution in [0.1, 0.15) is 5.56 Å². The van der Waals surface area contributed by atoms with E-state index in [0.717, 1.165) is 11.0 Å². The zero-order chi connectivity index (χ0) is 9.26. The molecule has 3 N–H and O–H groups in total. The first kappa shape index (κ1) is 8.73. The summed E-state index contributed by atoms with van der Waals surface area (Å²) in [6, 6.07) is 12.6. The van der Waals surface area contributed by atoms with Crippen LogP contribution in [-0.2, 0) is 6.54 Å². The van der Waals surface area contributed by atoms with Gasteiger partial charge in [0.25, 0.3) is 0 Å². The molecule has 1 nitrogen and oxygen atoms in total. The Morgan fingerprint density at radius 1 is 1.00 bits per heavy atom. The van der Waals surface area contributed by atoms with Crippen LogP contribution in [0.4, 0.5) is 0 Å². The molecule has 2 heteroatoms. The molecular formula is C11H11BrN+. The number of quaternary nitrogens is 1. The second kappa shape index (κ2) is 3.48. The normalized spacial score (nSPS) is 10.6. The first-order chi connectivity index (χ1) is 6.33. The van der Waals surface area contributed by atoms with Gasteiger partial charge in [0.15, 0.2) is 0 Å². The Morgan fingerprint density at radius 2 is 1.69 bits per heavy atom. The van der Waals surface area contributed by atoms with Crippen molar-refractivity contribution < 1.29 is 5.73 Å². The summed E-state index contributed by atoms with van der Waals surface area (Å²) in [6.45, 7) is 0.841. The number of hydrogen-bond acceptors (Lipinski definition) is 0. The maximum Gasteiger partial charge on any atom is 0.100 e. The third-order valence-electron chi connectivity index (χ3n) is 2.23. The Bertz CT molecular complexity index is 437. The van der Waals surface area contributed by atoms with Gasteiger partial charge >= 0.3 is 0 Å². The molecular weight excluding hydrogens is 226 g/mol. The summed E-state index contributed by atoms with van der Waals surface area (Å²) >= 11 is 3.54. The van der Waals surface area contributed by atoms with Gasteiger partial charge in [-0.2, -0.15) is 0 Å². The zero-order valence-corrected chi connectivity index (χ0v) is 8.84. The number of hydrogen-bond donors (Lipinski definition) is 1. The first-order valence-corrected chi connectivity index (χ1v) is 5.07. The minimum atomic E-state index is 0.841. The molecule has 0 saturated heterocycles. The van der Waals surface area contributed by atoms with E-state index >= 15 is 0 Å². The van der Waals surface area contributed by atoms with Gasteiger partial charge in [-0.05, 0) is 16.8 Å². The van der Waals surface area contributed by atoms with Gasteiger partial charge in [-0.25, -0.2) is 0 Å². The molecule has 0 aliphatic rings. The SMILES string of the molecule is [NH3+]Cc1cccc2c(Br)cccc12. The molecule has 0 spiro atoms. The second-order valence-corrected chi connectivity index (χ2v) is 3.86. The van der Waals surface area contributed by atoms with E-state index in [2.05, 4.69) is 58.1 Å². The van der Waals surface area contributed by atoms with Gasteiger partial charge in [0.1, 0.15) is 6.54 Å². The van der Waals surface area contributed by atoms with Crippen molar-refractivity contribution in [3.63, 3.8) is 0 Å². The quantitative estimate of drug-likeness (QED) is 0.788. The van der Waals surface area contributed by atoms with Gasteiger partial charge in [-0.15, -0.1) is 0 Å². The third kappa shape index (κ3) is 1.47. The minimum Gasteiger partial charge on any atom is -0.354 e. The Hall–Kier alpha value is -0.860. The van der Waals surface area contributed by atoms with Gasteiger partial charge in [0, 0.05) is 10.0 Å². The fourth-order valence-corrected chi connectivity index (χ4v) is 2.05. The molecule has 0 saturated carbocycles. The van der Waals surface area contributed by atoms with Gasteiger partial charge in [0.2, 0.25) is 0 Å². The first-order valence-electron chi connectivity index (χ1n) is 4.28. The lowest BCUT2D eigenvalue weighted by Crippen LogP contribution is -2.47. The van der Waals surface area contributed by atoms with Crippen LogP contribution in [0.2, 0.25) is 0 Å². The molecule has 13 heavy (non-hydrogen) atoms. The molecule has 2 rings (SSSR count). The topological polar surface area (TPSA) is 27.6 Å². The largest absolute Gasteiger partial charge is 0.354 e. The molecule has 0 atom stereocenters. The average molecular weight is 237 g/mol. The molecule has 0 fully saturated rings. The van der Waals surface area contributed by atoms with E-state index in [4.69, 9.17) is 0 Å². The Balaban J connectivity index is 2.84. The summed E-state index contributed by atoms with van der Waals surface area (Å²) < 4.78 is 1.15. The zero-order valence-electron chi connectivity index (χ0n) is 7.26. The van der Waals surface area contributed by atoms with Crippen molar-refractivity contribution in [2.24, 2.45) is 0 Å². The summed E-state index contributed by atoms with van der Waals surface area (Å²) in [5, 5.41) is 2.57. The predicted octanol–water partition coefficient (Wildman–Crippen LogP) is 2.34. The van der Waals surface area contributed by atoms with Crippen LogP contribution in [0.5, 0.6) is 0 Å². The summed E-state index contributed by atoms with van der Waals surface area (Å²) in [5.74, 6) is 0. The van der Waals surface area contributed by atoms with Gasteiger partial charge in [-0.1, -0.05) is 46.3 Å². The number of fused-ring (bicyclic) bond motifs is 1. The molecule has 0 radical (unpaired) electrons. The minimum absolute atomic E-state index is 0.841. The molecule has 0 amide bonds. The highest BCUT2D eigenvalue weighted by molar-refractivity contribution is 9.10. The van der Waals surface area contributed by atoms with E-state index < -0.39 is 0 Å². The van der Waals surface area contributed by atoms with Gasteiger partial charge in [-0.3, -0.25) is 0 Å². The van der Waals surface area contributed by atoms with Crippen molar-refractivity contribution in [3.05, 3.63) is 46.4 Å². The monoisotopic (exact) mass is 236 g/mol. The number of benzene rings is 2. The highest BCUT2D eigenvalue weighted by Gasteiger charge is 2.01. The molecule has 0 aliphatic carbocycles. The van der Waals surface area contributed by atoms with Crippen molar-refractivity contribution in [2.45, 2.75) is 6.54 Å². The van der Waals surface area contributed by atoms with E-state index in [1.807, 2.05) is 0 Å². The fourth-order valence-electron chi connectivity index (χ4n) is 1.55. The van der Waals surface area contributed by atoms with Crippen LogP contribution >= 0.6 is 15.9 Å². The van der Waals surface area contributed by atoms with E-state index in [1.165, 1.54) is 16.3 Å². The smallest absolute Gasteiger partial charge is 0.100 e. The summed E-state index contributed by atoms with van der Waals surface area (Å²) in [4.78, 5) is 0. The lowest BCUT2D eigenvalue weighted by atomic mass is 10.1. The molecule has 0 heterocycles. The molecule has 0 bridgehead atoms. The predicted molar refractivity (Wildman–Crippen MR) is 58.2 cm³/mol. The van der Waals surface area contributed by atoms with Crippen LogP contribution in [0.3, 0.4) is 0 Å². The van der Waals surface area contributed by atoms with Crippen LogP contribution in [0.15, 0.2) is 40.9 Å². The second-order valence-electron chi connectivity index (χ2n) is 3.00. The lowest BCUT2D eigenvalue weighted by molar-refractivity contribution is -0.386. The molecule has 0 aliphatic heterocycles. The van der Waals surface area contributed by atoms with Gasteiger partial charge < -0.3 is 5.73 Å². The summed E-state index contributed by atoms with van der Waals surface area (Å²) in [7, 11) is 0. The standard InChI is InChI=1S/C11H10BrN/c12-11-6-2-4-9-8(7-13)3-1-5-10(9)11/h1-6H,7,13H2/p+1. The van der Waals surface area contributed by atoms with E-state index in [9.17, 15) is 0 Å². The van der Waals surface area contributed by atoms with Gasteiger partial charge in [0.05, 0.1) is 0 Å².